The van der Waals surface area contributed by atoms with Crippen molar-refractivity contribution in [3.05, 3.63) is 53.8 Å². The molecule has 1 amide bonds. The number of carbonyl (C=O) groups excluding carboxylic acids is 1. The highest BCUT2D eigenvalue weighted by Gasteiger charge is 2.11. The Hall–Kier alpha value is -2.47. The third-order valence-corrected chi connectivity index (χ3v) is 4.26. The van der Waals surface area contributed by atoms with Crippen LogP contribution in [0, 0.1) is 5.82 Å². The molecule has 4 nitrogen and oxygen atoms in total. The lowest BCUT2D eigenvalue weighted by Crippen LogP contribution is -2.20. The maximum Gasteiger partial charge on any atom is 0.264 e. The number of hydrogen-bond donors (Lipinski definition) is 1. The van der Waals surface area contributed by atoms with Crippen LogP contribution in [0.2, 0.25) is 0 Å². The molecule has 2 aromatic carbocycles. The van der Waals surface area contributed by atoms with E-state index in [0.717, 1.165) is 12.0 Å². The Morgan fingerprint density at radius 3 is 2.87 bits per heavy atom. The second-order valence-corrected chi connectivity index (χ2v) is 5.93. The molecule has 0 aliphatic carbocycles. The molecule has 3 aromatic rings. The predicted molar refractivity (Wildman–Crippen MR) is 89.5 cm³/mol. The van der Waals surface area contributed by atoms with Gasteiger partial charge in [0, 0.05) is 0 Å². The van der Waals surface area contributed by atoms with Crippen LogP contribution in [0.15, 0.2) is 42.5 Å². The summed E-state index contributed by atoms with van der Waals surface area (Å²) in [5.74, 6) is -0.0248. The zero-order chi connectivity index (χ0) is 16.2. The lowest BCUT2D eigenvalue weighted by Gasteiger charge is -2.09. The molecule has 0 fully saturated rings. The Bertz CT molecular complexity index is 847. The Morgan fingerprint density at radius 2 is 2.09 bits per heavy atom. The van der Waals surface area contributed by atoms with E-state index < -0.39 is 5.82 Å². The van der Waals surface area contributed by atoms with Gasteiger partial charge in [-0.1, -0.05) is 42.5 Å². The molecule has 6 heteroatoms. The van der Waals surface area contributed by atoms with Gasteiger partial charge in [0.2, 0.25) is 0 Å². The van der Waals surface area contributed by atoms with Crippen molar-refractivity contribution >= 4 is 32.6 Å². The van der Waals surface area contributed by atoms with E-state index in [2.05, 4.69) is 10.3 Å². The number of thiazole rings is 1. The zero-order valence-electron chi connectivity index (χ0n) is 12.5. The fourth-order valence-electron chi connectivity index (χ4n) is 2.20. The second-order valence-electron chi connectivity index (χ2n) is 4.90. The van der Waals surface area contributed by atoms with Crippen molar-refractivity contribution in [3.63, 3.8) is 0 Å². The van der Waals surface area contributed by atoms with Crippen LogP contribution in [0.3, 0.4) is 0 Å². The van der Waals surface area contributed by atoms with Gasteiger partial charge in [0.1, 0.15) is 17.1 Å². The molecule has 0 bridgehead atoms. The lowest BCUT2D eigenvalue weighted by atomic mass is 10.1. The molecule has 118 valence electrons. The highest BCUT2D eigenvalue weighted by Crippen LogP contribution is 2.27. The third kappa shape index (κ3) is 3.48. The number of fused-ring (bicyclic) bond motifs is 1. The Morgan fingerprint density at radius 1 is 1.26 bits per heavy atom. The molecule has 1 heterocycles. The number of amides is 1. The van der Waals surface area contributed by atoms with E-state index in [0.29, 0.717) is 15.6 Å². The van der Waals surface area contributed by atoms with Crippen molar-refractivity contribution in [2.24, 2.45) is 0 Å². The van der Waals surface area contributed by atoms with Crippen LogP contribution < -0.4 is 10.1 Å². The maximum atomic E-state index is 13.6. The molecule has 0 saturated carbocycles. The van der Waals surface area contributed by atoms with Crippen LogP contribution in [0.25, 0.3) is 10.2 Å². The van der Waals surface area contributed by atoms with Crippen LogP contribution in [0.5, 0.6) is 5.75 Å². The molecule has 0 spiro atoms. The number of benzene rings is 2. The van der Waals surface area contributed by atoms with Crippen LogP contribution in [0.4, 0.5) is 9.52 Å². The van der Waals surface area contributed by atoms with Gasteiger partial charge < -0.3 is 4.74 Å². The number of halogens is 1. The van der Waals surface area contributed by atoms with Crippen molar-refractivity contribution in [1.29, 1.82) is 0 Å². The SMILES string of the molecule is CCc1ccccc1OCC(=O)Nc1nc2c(F)cccc2s1. The first kappa shape index (κ1) is 15.4. The van der Waals surface area contributed by atoms with Crippen molar-refractivity contribution in [2.75, 3.05) is 11.9 Å². The summed E-state index contributed by atoms with van der Waals surface area (Å²) in [5, 5.41) is 3.01. The first-order valence-corrected chi connectivity index (χ1v) is 8.04. The predicted octanol–water partition coefficient (Wildman–Crippen LogP) is 4.02. The van der Waals surface area contributed by atoms with E-state index in [1.807, 2.05) is 31.2 Å². The molecular formula is C17H15FN2O2S. The smallest absolute Gasteiger partial charge is 0.264 e. The van der Waals surface area contributed by atoms with E-state index >= 15 is 0 Å². The topological polar surface area (TPSA) is 51.2 Å². The van der Waals surface area contributed by atoms with E-state index in [1.54, 1.807) is 12.1 Å². The molecular weight excluding hydrogens is 315 g/mol. The van der Waals surface area contributed by atoms with Crippen molar-refractivity contribution < 1.29 is 13.9 Å². The number of aromatic nitrogens is 1. The number of ether oxygens (including phenoxy) is 1. The number of anilines is 1. The minimum absolute atomic E-state index is 0.116. The number of nitrogens with zero attached hydrogens (tertiary/aromatic N) is 1. The molecule has 1 N–H and O–H groups in total. The normalized spacial score (nSPS) is 10.7. The van der Waals surface area contributed by atoms with E-state index in [-0.39, 0.29) is 18.0 Å². The summed E-state index contributed by atoms with van der Waals surface area (Å²) in [5.41, 5.74) is 1.31. The second kappa shape index (κ2) is 6.75. The fourth-order valence-corrected chi connectivity index (χ4v) is 3.10. The van der Waals surface area contributed by atoms with Crippen LogP contribution >= 0.6 is 11.3 Å². The number of hydrogen-bond acceptors (Lipinski definition) is 4. The highest BCUT2D eigenvalue weighted by atomic mass is 32.1. The van der Waals surface area contributed by atoms with Gasteiger partial charge in [-0.3, -0.25) is 10.1 Å². The Kier molecular flexibility index (Phi) is 4.52. The van der Waals surface area contributed by atoms with E-state index in [9.17, 15) is 9.18 Å². The monoisotopic (exact) mass is 330 g/mol. The number of nitrogens with one attached hydrogen (secondary N) is 1. The zero-order valence-corrected chi connectivity index (χ0v) is 13.3. The molecule has 0 saturated heterocycles. The summed E-state index contributed by atoms with van der Waals surface area (Å²) in [6.07, 6.45) is 0.828. The summed E-state index contributed by atoms with van der Waals surface area (Å²) < 4.78 is 19.8. The molecule has 0 atom stereocenters. The largest absolute Gasteiger partial charge is 0.483 e. The van der Waals surface area contributed by atoms with Gasteiger partial charge in [0.15, 0.2) is 11.7 Å². The van der Waals surface area contributed by atoms with E-state index in [1.165, 1.54) is 17.4 Å². The quantitative estimate of drug-likeness (QED) is 0.769. The minimum Gasteiger partial charge on any atom is -0.483 e. The van der Waals surface area contributed by atoms with Gasteiger partial charge in [-0.2, -0.15) is 0 Å². The molecule has 0 radical (unpaired) electrons. The summed E-state index contributed by atoms with van der Waals surface area (Å²) >= 11 is 1.23. The van der Waals surface area contributed by atoms with Gasteiger partial charge in [0.25, 0.3) is 5.91 Å². The van der Waals surface area contributed by atoms with Gasteiger partial charge in [0.05, 0.1) is 4.70 Å². The molecule has 3 rings (SSSR count). The highest BCUT2D eigenvalue weighted by molar-refractivity contribution is 7.22. The molecule has 0 unspecified atom stereocenters. The average molecular weight is 330 g/mol. The average Bonchev–Trinajstić information content (AvgIpc) is 2.97. The summed E-state index contributed by atoms with van der Waals surface area (Å²) in [6, 6.07) is 12.3. The minimum atomic E-state index is -0.396. The first-order chi connectivity index (χ1) is 11.2. The van der Waals surface area contributed by atoms with Crippen molar-refractivity contribution in [1.82, 2.24) is 4.98 Å². The summed E-state index contributed by atoms with van der Waals surface area (Å²) in [4.78, 5) is 16.1. The van der Waals surface area contributed by atoms with Gasteiger partial charge in [-0.15, -0.1) is 0 Å². The van der Waals surface area contributed by atoms with Crippen LogP contribution in [-0.4, -0.2) is 17.5 Å². The number of rotatable bonds is 5. The fraction of sp³-hybridized carbons (Fsp3) is 0.176. The van der Waals surface area contributed by atoms with Crippen LogP contribution in [-0.2, 0) is 11.2 Å². The summed E-state index contributed by atoms with van der Waals surface area (Å²) in [6.45, 7) is 1.91. The molecule has 23 heavy (non-hydrogen) atoms. The molecule has 1 aromatic heterocycles. The number of aryl methyl sites for hydroxylation is 1. The maximum absolute atomic E-state index is 13.6. The number of para-hydroxylation sites is 2. The van der Waals surface area contributed by atoms with Crippen LogP contribution in [0.1, 0.15) is 12.5 Å². The summed E-state index contributed by atoms with van der Waals surface area (Å²) in [7, 11) is 0. The standard InChI is InChI=1S/C17H15FN2O2S/c1-2-11-6-3-4-8-13(11)22-10-15(21)19-17-20-16-12(18)7-5-9-14(16)23-17/h3-9H,2,10H2,1H3,(H,19,20,21). The molecule has 0 aliphatic rings. The van der Waals surface area contributed by atoms with Crippen molar-refractivity contribution in [3.8, 4) is 5.75 Å². The first-order valence-electron chi connectivity index (χ1n) is 7.23. The lowest BCUT2D eigenvalue weighted by molar-refractivity contribution is -0.118. The van der Waals surface area contributed by atoms with Gasteiger partial charge in [-0.25, -0.2) is 9.37 Å². The third-order valence-electron chi connectivity index (χ3n) is 3.33. The molecule has 0 aliphatic heterocycles. The number of carbonyl (C=O) groups is 1. The Labute approximate surface area is 136 Å². The van der Waals surface area contributed by atoms with Crippen molar-refractivity contribution in [2.45, 2.75) is 13.3 Å². The van der Waals surface area contributed by atoms with Gasteiger partial charge >= 0.3 is 0 Å². The van der Waals surface area contributed by atoms with Gasteiger partial charge in [-0.05, 0) is 30.2 Å². The Balaban J connectivity index is 1.65. The van der Waals surface area contributed by atoms with E-state index in [4.69, 9.17) is 4.74 Å².